The summed E-state index contributed by atoms with van der Waals surface area (Å²) in [6.45, 7) is 5.70. The molecule has 3 nitrogen and oxygen atoms in total. The van der Waals surface area contributed by atoms with Gasteiger partial charge in [-0.25, -0.2) is 0 Å². The van der Waals surface area contributed by atoms with Crippen LogP contribution in [0.4, 0.5) is 0 Å². The third-order valence-electron chi connectivity index (χ3n) is 3.67. The largest absolute Gasteiger partial charge is 0.469 e. The van der Waals surface area contributed by atoms with Crippen LogP contribution in [-0.2, 0) is 14.9 Å². The number of hydrogen-bond acceptors (Lipinski definition) is 3. The first kappa shape index (κ1) is 16.5. The lowest BCUT2D eigenvalue weighted by Crippen LogP contribution is -2.53. The molecule has 0 fully saturated rings. The van der Waals surface area contributed by atoms with Gasteiger partial charge in [-0.1, -0.05) is 40.5 Å². The Hall–Kier alpha value is -0.580. The molecule has 0 saturated carbocycles. The standard InChI is InChI=1S/C14H19BrClNO2/c1-13(2,17)14(3,8-12(18)19-4)10-6-5-9(15)7-11(10)16/h5-7H,8,17H2,1-4H3. The number of carbonyl (C=O) groups is 1. The minimum absolute atomic E-state index is 0.175. The van der Waals surface area contributed by atoms with E-state index in [0.717, 1.165) is 10.0 Å². The molecule has 1 aromatic carbocycles. The van der Waals surface area contributed by atoms with Crippen molar-refractivity contribution in [3.8, 4) is 0 Å². The number of ether oxygens (including phenoxy) is 1. The lowest BCUT2D eigenvalue weighted by Gasteiger charge is -2.42. The van der Waals surface area contributed by atoms with Gasteiger partial charge in [-0.3, -0.25) is 4.79 Å². The number of esters is 1. The second-order valence-electron chi connectivity index (χ2n) is 5.43. The molecule has 0 amide bonds. The van der Waals surface area contributed by atoms with Gasteiger partial charge >= 0.3 is 5.97 Å². The van der Waals surface area contributed by atoms with Crippen LogP contribution < -0.4 is 5.73 Å². The summed E-state index contributed by atoms with van der Waals surface area (Å²) in [6.07, 6.45) is 0.175. The summed E-state index contributed by atoms with van der Waals surface area (Å²) in [4.78, 5) is 11.7. The van der Waals surface area contributed by atoms with Crippen LogP contribution in [0, 0.1) is 0 Å². The lowest BCUT2D eigenvalue weighted by molar-refractivity contribution is -0.142. The highest BCUT2D eigenvalue weighted by molar-refractivity contribution is 9.10. The van der Waals surface area contributed by atoms with Crippen molar-refractivity contribution < 1.29 is 9.53 Å². The number of benzene rings is 1. The zero-order valence-electron chi connectivity index (χ0n) is 11.6. The topological polar surface area (TPSA) is 52.3 Å². The van der Waals surface area contributed by atoms with E-state index < -0.39 is 11.0 Å². The number of carbonyl (C=O) groups excluding carboxylic acids is 1. The Balaban J connectivity index is 3.35. The number of hydrogen-bond donors (Lipinski definition) is 1. The summed E-state index contributed by atoms with van der Waals surface area (Å²) in [6, 6.07) is 5.59. The monoisotopic (exact) mass is 347 g/mol. The van der Waals surface area contributed by atoms with Crippen LogP contribution in [0.15, 0.2) is 22.7 Å². The van der Waals surface area contributed by atoms with Crippen LogP contribution in [0.3, 0.4) is 0 Å². The first-order valence-electron chi connectivity index (χ1n) is 5.93. The van der Waals surface area contributed by atoms with Gasteiger partial charge in [0.25, 0.3) is 0 Å². The SMILES string of the molecule is COC(=O)CC(C)(c1ccc(Br)cc1Cl)C(C)(C)N. The molecule has 0 aliphatic heterocycles. The number of methoxy groups -OCH3 is 1. The Morgan fingerprint density at radius 2 is 2.00 bits per heavy atom. The van der Waals surface area contributed by atoms with Gasteiger partial charge in [0, 0.05) is 20.4 Å². The molecule has 1 rings (SSSR count). The van der Waals surface area contributed by atoms with Gasteiger partial charge in [0.2, 0.25) is 0 Å². The predicted molar refractivity (Wildman–Crippen MR) is 81.4 cm³/mol. The normalized spacial score (nSPS) is 14.9. The van der Waals surface area contributed by atoms with Crippen LogP contribution in [0.25, 0.3) is 0 Å². The smallest absolute Gasteiger partial charge is 0.306 e. The fraction of sp³-hybridized carbons (Fsp3) is 0.500. The summed E-state index contributed by atoms with van der Waals surface area (Å²) in [5.41, 5.74) is 5.88. The quantitative estimate of drug-likeness (QED) is 0.845. The molecular weight excluding hydrogens is 330 g/mol. The maximum Gasteiger partial charge on any atom is 0.306 e. The minimum atomic E-state index is -0.626. The second kappa shape index (κ2) is 5.81. The summed E-state index contributed by atoms with van der Waals surface area (Å²) in [7, 11) is 1.37. The molecule has 0 bridgehead atoms. The molecule has 0 saturated heterocycles. The molecule has 19 heavy (non-hydrogen) atoms. The summed E-state index contributed by atoms with van der Waals surface area (Å²) in [5, 5.41) is 0.583. The van der Waals surface area contributed by atoms with Crippen molar-refractivity contribution in [2.24, 2.45) is 5.73 Å². The molecule has 0 aromatic heterocycles. The maximum absolute atomic E-state index is 11.7. The van der Waals surface area contributed by atoms with Crippen molar-refractivity contribution in [2.75, 3.05) is 7.11 Å². The third-order valence-corrected chi connectivity index (χ3v) is 4.48. The molecule has 2 N–H and O–H groups in total. The first-order valence-corrected chi connectivity index (χ1v) is 7.10. The molecule has 0 spiro atoms. The molecule has 1 unspecified atom stereocenters. The van der Waals surface area contributed by atoms with Crippen molar-refractivity contribution in [2.45, 2.75) is 38.1 Å². The van der Waals surface area contributed by atoms with E-state index in [1.165, 1.54) is 7.11 Å². The van der Waals surface area contributed by atoms with Crippen molar-refractivity contribution in [3.63, 3.8) is 0 Å². The molecule has 106 valence electrons. The average Bonchev–Trinajstić information content (AvgIpc) is 2.26. The molecule has 1 atom stereocenters. The Morgan fingerprint density at radius 1 is 1.42 bits per heavy atom. The molecule has 1 aromatic rings. The van der Waals surface area contributed by atoms with Crippen LogP contribution in [-0.4, -0.2) is 18.6 Å². The van der Waals surface area contributed by atoms with Crippen molar-refractivity contribution in [3.05, 3.63) is 33.3 Å². The van der Waals surface area contributed by atoms with E-state index in [4.69, 9.17) is 22.1 Å². The predicted octanol–water partition coefficient (Wildman–Crippen LogP) is 3.66. The van der Waals surface area contributed by atoms with Crippen LogP contribution in [0.2, 0.25) is 5.02 Å². The second-order valence-corrected chi connectivity index (χ2v) is 6.75. The maximum atomic E-state index is 11.7. The minimum Gasteiger partial charge on any atom is -0.469 e. The number of halogens is 2. The van der Waals surface area contributed by atoms with Gasteiger partial charge < -0.3 is 10.5 Å². The number of nitrogens with two attached hydrogens (primary N) is 1. The van der Waals surface area contributed by atoms with Crippen molar-refractivity contribution in [1.82, 2.24) is 0 Å². The van der Waals surface area contributed by atoms with Crippen LogP contribution >= 0.6 is 27.5 Å². The molecule has 0 heterocycles. The highest BCUT2D eigenvalue weighted by atomic mass is 79.9. The Bertz CT molecular complexity index is 485. The Labute approximate surface area is 127 Å². The molecule has 0 aliphatic rings. The van der Waals surface area contributed by atoms with E-state index in [1.54, 1.807) is 6.07 Å². The summed E-state index contributed by atoms with van der Waals surface area (Å²) >= 11 is 9.68. The summed E-state index contributed by atoms with van der Waals surface area (Å²) < 4.78 is 5.66. The third kappa shape index (κ3) is 3.50. The number of rotatable bonds is 4. The highest BCUT2D eigenvalue weighted by Crippen LogP contribution is 2.41. The van der Waals surface area contributed by atoms with Crippen molar-refractivity contribution >= 4 is 33.5 Å². The fourth-order valence-electron chi connectivity index (χ4n) is 1.97. The molecular formula is C14H19BrClNO2. The van der Waals surface area contributed by atoms with E-state index in [1.807, 2.05) is 32.9 Å². The molecule has 0 radical (unpaired) electrons. The van der Waals surface area contributed by atoms with Crippen molar-refractivity contribution in [1.29, 1.82) is 0 Å². The zero-order chi connectivity index (χ0) is 14.8. The van der Waals surface area contributed by atoms with Gasteiger partial charge in [-0.05, 0) is 31.5 Å². The zero-order valence-corrected chi connectivity index (χ0v) is 13.9. The average molecular weight is 349 g/mol. The Morgan fingerprint density at radius 3 is 2.42 bits per heavy atom. The lowest BCUT2D eigenvalue weighted by atomic mass is 9.66. The Kier molecular flexibility index (Phi) is 5.04. The fourth-order valence-corrected chi connectivity index (χ4v) is 2.85. The van der Waals surface area contributed by atoms with Gasteiger partial charge in [0.15, 0.2) is 0 Å². The van der Waals surface area contributed by atoms with E-state index in [9.17, 15) is 4.79 Å². The van der Waals surface area contributed by atoms with Gasteiger partial charge in [0.05, 0.1) is 13.5 Å². The van der Waals surface area contributed by atoms with Crippen LogP contribution in [0.5, 0.6) is 0 Å². The molecule has 5 heteroatoms. The highest BCUT2D eigenvalue weighted by Gasteiger charge is 2.43. The van der Waals surface area contributed by atoms with E-state index >= 15 is 0 Å². The first-order chi connectivity index (χ1) is 8.61. The van der Waals surface area contributed by atoms with Gasteiger partial charge in [0.1, 0.15) is 0 Å². The van der Waals surface area contributed by atoms with E-state index in [0.29, 0.717) is 5.02 Å². The van der Waals surface area contributed by atoms with Gasteiger partial charge in [-0.15, -0.1) is 0 Å². The van der Waals surface area contributed by atoms with Gasteiger partial charge in [-0.2, -0.15) is 0 Å². The van der Waals surface area contributed by atoms with Crippen LogP contribution in [0.1, 0.15) is 32.8 Å². The molecule has 0 aliphatic carbocycles. The van der Waals surface area contributed by atoms with E-state index in [-0.39, 0.29) is 12.4 Å². The van der Waals surface area contributed by atoms with E-state index in [2.05, 4.69) is 15.9 Å². The summed E-state index contributed by atoms with van der Waals surface area (Å²) in [5.74, 6) is -0.306.